The molecule has 0 bridgehead atoms. The Kier molecular flexibility index (Phi) is 7.32. The first kappa shape index (κ1) is 29.9. The quantitative estimate of drug-likeness (QED) is 0.224. The molecule has 2 aromatic rings. The zero-order chi connectivity index (χ0) is 30.9. The summed E-state index contributed by atoms with van der Waals surface area (Å²) in [5, 5.41) is 63.2. The summed E-state index contributed by atoms with van der Waals surface area (Å²) in [6.07, 6.45) is -18.4. The van der Waals surface area contributed by atoms with Crippen LogP contribution in [0.15, 0.2) is 18.2 Å². The highest BCUT2D eigenvalue weighted by Crippen LogP contribution is 2.52. The van der Waals surface area contributed by atoms with Gasteiger partial charge in [-0.2, -0.15) is 13.2 Å². The van der Waals surface area contributed by atoms with Crippen LogP contribution in [0.4, 0.5) is 13.2 Å². The van der Waals surface area contributed by atoms with Crippen molar-refractivity contribution in [2.24, 2.45) is 0 Å². The maximum absolute atomic E-state index is 13.6. The number of benzene rings is 2. The lowest BCUT2D eigenvalue weighted by Crippen LogP contribution is -2.55. The Morgan fingerprint density at radius 1 is 1.10 bits per heavy atom. The number of hydrogen-bond acceptors (Lipinski definition) is 12. The van der Waals surface area contributed by atoms with Gasteiger partial charge in [0.05, 0.1) is 36.0 Å². The molecule has 4 unspecified atom stereocenters. The van der Waals surface area contributed by atoms with E-state index in [-0.39, 0.29) is 16.9 Å². The van der Waals surface area contributed by atoms with E-state index in [9.17, 15) is 58.2 Å². The first-order valence-electron chi connectivity index (χ1n) is 12.6. The molecule has 42 heavy (non-hydrogen) atoms. The van der Waals surface area contributed by atoms with E-state index in [4.69, 9.17) is 14.2 Å². The zero-order valence-electron chi connectivity index (χ0n) is 21.7. The number of fused-ring (bicyclic) bond motifs is 3. The Labute approximate surface area is 234 Å². The zero-order valence-corrected chi connectivity index (χ0v) is 21.7. The van der Waals surface area contributed by atoms with Crippen LogP contribution in [-0.2, 0) is 20.7 Å². The summed E-state index contributed by atoms with van der Waals surface area (Å²) < 4.78 is 56.1. The molecule has 6 N–H and O–H groups in total. The highest BCUT2D eigenvalue weighted by atomic mass is 19.4. The highest BCUT2D eigenvalue weighted by molar-refractivity contribution is 6.31. The fourth-order valence-corrected chi connectivity index (χ4v) is 5.77. The molecule has 1 aliphatic heterocycles. The maximum Gasteiger partial charge on any atom is 0.417 e. The van der Waals surface area contributed by atoms with Crippen LogP contribution in [0.2, 0.25) is 0 Å². The SMILES string of the molecule is COc1cccc2c1C(=O)c1c(O)c3c(c(O)c1C2=O)C[C@@](O)(C(=O)CO)C[C@@H]3OC1CC(O)C(O)C(C(F)(F)F)O1. The number of aliphatic hydroxyl groups is 4. The van der Waals surface area contributed by atoms with Gasteiger partial charge in [-0.3, -0.25) is 14.4 Å². The van der Waals surface area contributed by atoms with Crippen molar-refractivity contribution in [3.8, 4) is 17.2 Å². The van der Waals surface area contributed by atoms with E-state index in [0.29, 0.717) is 0 Å². The van der Waals surface area contributed by atoms with Crippen LogP contribution in [0.25, 0.3) is 0 Å². The van der Waals surface area contributed by atoms with E-state index in [1.54, 1.807) is 0 Å². The van der Waals surface area contributed by atoms with Gasteiger partial charge >= 0.3 is 6.18 Å². The summed E-state index contributed by atoms with van der Waals surface area (Å²) in [6.45, 7) is -1.19. The lowest BCUT2D eigenvalue weighted by molar-refractivity contribution is -0.336. The lowest BCUT2D eigenvalue weighted by Gasteiger charge is -2.42. The number of rotatable bonds is 5. The van der Waals surface area contributed by atoms with Crippen molar-refractivity contribution in [1.29, 1.82) is 0 Å². The molecule has 0 aromatic heterocycles. The number of carbonyl (C=O) groups is 3. The summed E-state index contributed by atoms with van der Waals surface area (Å²) in [7, 11) is 1.24. The Balaban J connectivity index is 1.67. The van der Waals surface area contributed by atoms with E-state index >= 15 is 0 Å². The summed E-state index contributed by atoms with van der Waals surface area (Å²) in [5.74, 6) is -4.87. The fraction of sp³-hybridized carbons (Fsp3) is 0.444. The molecule has 1 saturated heterocycles. The van der Waals surface area contributed by atoms with Crippen molar-refractivity contribution in [3.63, 3.8) is 0 Å². The minimum atomic E-state index is -5.14. The summed E-state index contributed by atoms with van der Waals surface area (Å²) in [6, 6.07) is 4.08. The number of alkyl halides is 3. The molecule has 0 spiro atoms. The van der Waals surface area contributed by atoms with Crippen LogP contribution < -0.4 is 4.74 Å². The molecule has 12 nitrogen and oxygen atoms in total. The molecule has 15 heteroatoms. The Morgan fingerprint density at radius 2 is 1.76 bits per heavy atom. The minimum absolute atomic E-state index is 0.0230. The van der Waals surface area contributed by atoms with Gasteiger partial charge in [0.2, 0.25) is 5.78 Å². The van der Waals surface area contributed by atoms with Gasteiger partial charge in [-0.25, -0.2) is 0 Å². The van der Waals surface area contributed by atoms with Crippen LogP contribution in [0.3, 0.4) is 0 Å². The second-order valence-corrected chi connectivity index (χ2v) is 10.3. The second kappa shape index (κ2) is 10.3. The minimum Gasteiger partial charge on any atom is -0.507 e. The van der Waals surface area contributed by atoms with Crippen molar-refractivity contribution in [2.75, 3.05) is 13.7 Å². The number of Topliss-reactive ketones (excluding diaryl/α,β-unsaturated/α-hetero) is 1. The normalized spacial score (nSPS) is 29.0. The average Bonchev–Trinajstić information content (AvgIpc) is 2.93. The third-order valence-electron chi connectivity index (χ3n) is 7.81. The van der Waals surface area contributed by atoms with Gasteiger partial charge in [0, 0.05) is 36.0 Å². The number of hydrogen-bond donors (Lipinski definition) is 6. The first-order chi connectivity index (χ1) is 19.6. The lowest BCUT2D eigenvalue weighted by atomic mass is 9.72. The monoisotopic (exact) mass is 598 g/mol. The van der Waals surface area contributed by atoms with Gasteiger partial charge in [0.1, 0.15) is 35.6 Å². The molecule has 3 aliphatic rings. The van der Waals surface area contributed by atoms with E-state index < -0.39 is 119 Å². The van der Waals surface area contributed by atoms with Crippen molar-refractivity contribution >= 4 is 17.3 Å². The Bertz CT molecular complexity index is 1490. The number of ether oxygens (including phenoxy) is 3. The predicted molar refractivity (Wildman–Crippen MR) is 130 cm³/mol. The van der Waals surface area contributed by atoms with Gasteiger partial charge < -0.3 is 44.8 Å². The smallest absolute Gasteiger partial charge is 0.417 e. The largest absolute Gasteiger partial charge is 0.507 e. The standard InChI is InChI=1S/C27H25F3O12/c1-40-12-4-2-3-9-16(12)23(37)19-18(20(9)34)21(35)10-6-26(39,14(33)8-31)7-13(17(10)24(19)38)41-15-5-11(32)22(36)25(42-15)27(28,29)30/h2-4,11,13,15,22,25,31-32,35-36,38-39H,5-8H2,1H3/t11?,13-,15?,22?,25?,26-/m0/s1. The molecule has 2 aromatic carbocycles. The van der Waals surface area contributed by atoms with Gasteiger partial charge in [-0.05, 0) is 6.07 Å². The molecule has 0 saturated carbocycles. The molecule has 5 rings (SSSR count). The van der Waals surface area contributed by atoms with Gasteiger partial charge in [0.25, 0.3) is 0 Å². The Morgan fingerprint density at radius 3 is 2.38 bits per heavy atom. The highest BCUT2D eigenvalue weighted by Gasteiger charge is 2.54. The van der Waals surface area contributed by atoms with Crippen LogP contribution >= 0.6 is 0 Å². The Hall–Kier alpha value is -3.60. The van der Waals surface area contributed by atoms with Crippen LogP contribution in [0.5, 0.6) is 17.2 Å². The number of methoxy groups -OCH3 is 1. The summed E-state index contributed by atoms with van der Waals surface area (Å²) in [4.78, 5) is 39.6. The molecular weight excluding hydrogens is 573 g/mol. The number of aliphatic hydroxyl groups excluding tert-OH is 3. The summed E-state index contributed by atoms with van der Waals surface area (Å²) in [5.41, 5.74) is -5.11. The second-order valence-electron chi connectivity index (χ2n) is 10.3. The summed E-state index contributed by atoms with van der Waals surface area (Å²) >= 11 is 0. The average molecular weight is 598 g/mol. The van der Waals surface area contributed by atoms with E-state index in [1.807, 2.05) is 0 Å². The van der Waals surface area contributed by atoms with Crippen LogP contribution in [0.1, 0.15) is 61.9 Å². The number of aromatic hydroxyl groups is 2. The predicted octanol–water partition coefficient (Wildman–Crippen LogP) is 0.577. The molecule has 2 aliphatic carbocycles. The third kappa shape index (κ3) is 4.53. The number of phenols is 2. The van der Waals surface area contributed by atoms with Gasteiger partial charge in [0.15, 0.2) is 24.0 Å². The molecule has 226 valence electrons. The third-order valence-corrected chi connectivity index (χ3v) is 7.81. The van der Waals surface area contributed by atoms with Crippen molar-refractivity contribution in [1.82, 2.24) is 0 Å². The van der Waals surface area contributed by atoms with E-state index in [2.05, 4.69) is 0 Å². The van der Waals surface area contributed by atoms with Crippen molar-refractivity contribution < 1.29 is 72.4 Å². The van der Waals surface area contributed by atoms with E-state index in [1.165, 1.54) is 25.3 Å². The maximum atomic E-state index is 13.6. The number of halogens is 3. The van der Waals surface area contributed by atoms with Crippen LogP contribution in [0, 0.1) is 0 Å². The molecular formula is C27H25F3O12. The molecule has 0 radical (unpaired) electrons. The molecule has 6 atom stereocenters. The van der Waals surface area contributed by atoms with Gasteiger partial charge in [-0.15, -0.1) is 0 Å². The fourth-order valence-electron chi connectivity index (χ4n) is 5.77. The van der Waals surface area contributed by atoms with E-state index in [0.717, 1.165) is 0 Å². The molecule has 1 heterocycles. The number of carbonyl (C=O) groups excluding carboxylic acids is 3. The van der Waals surface area contributed by atoms with Gasteiger partial charge in [-0.1, -0.05) is 12.1 Å². The topological polar surface area (TPSA) is 200 Å². The van der Waals surface area contributed by atoms with Crippen LogP contribution in [-0.4, -0.2) is 98.1 Å². The number of phenolic OH excluding ortho intramolecular Hbond substituents is 2. The number of ketones is 3. The molecule has 0 amide bonds. The molecule has 1 fully saturated rings. The van der Waals surface area contributed by atoms with Crippen molar-refractivity contribution in [2.45, 2.75) is 61.7 Å². The first-order valence-corrected chi connectivity index (χ1v) is 12.6. The van der Waals surface area contributed by atoms with Crippen molar-refractivity contribution in [3.05, 3.63) is 51.6 Å².